The van der Waals surface area contributed by atoms with Crippen molar-refractivity contribution in [1.82, 2.24) is 4.90 Å². The van der Waals surface area contributed by atoms with Gasteiger partial charge in [0.15, 0.2) is 0 Å². The number of para-hydroxylation sites is 1. The molecule has 3 rings (SSSR count). The van der Waals surface area contributed by atoms with Gasteiger partial charge in [0.2, 0.25) is 0 Å². The third kappa shape index (κ3) is 5.45. The first-order chi connectivity index (χ1) is 12.7. The largest absolute Gasteiger partial charge is 0.457 e. The van der Waals surface area contributed by atoms with Crippen LogP contribution in [0.4, 0.5) is 0 Å². The maximum Gasteiger partial charge on any atom is 0.127 e. The third-order valence-corrected chi connectivity index (χ3v) is 4.22. The Hall–Kier alpha value is -2.62. The summed E-state index contributed by atoms with van der Waals surface area (Å²) in [6, 6.07) is 26.8. The predicted octanol–water partition coefficient (Wildman–Crippen LogP) is 4.75. The van der Waals surface area contributed by atoms with Gasteiger partial charge in [-0.1, -0.05) is 60.2 Å². The fourth-order valence-corrected chi connectivity index (χ4v) is 3.06. The van der Waals surface area contributed by atoms with Gasteiger partial charge in [-0.05, 0) is 42.3 Å². The van der Waals surface area contributed by atoms with Crippen molar-refractivity contribution < 1.29 is 4.74 Å². The molecule has 2 N–H and O–H groups in total. The van der Waals surface area contributed by atoms with Crippen LogP contribution in [0.3, 0.4) is 0 Å². The van der Waals surface area contributed by atoms with Gasteiger partial charge >= 0.3 is 0 Å². The van der Waals surface area contributed by atoms with Crippen molar-refractivity contribution in [1.29, 1.82) is 0 Å². The zero-order chi connectivity index (χ0) is 18.2. The highest BCUT2D eigenvalue weighted by Crippen LogP contribution is 2.22. The Kier molecular flexibility index (Phi) is 6.42. The monoisotopic (exact) mass is 346 g/mol. The second kappa shape index (κ2) is 9.18. The number of aryl methyl sites for hydroxylation is 1. The molecule has 26 heavy (non-hydrogen) atoms. The van der Waals surface area contributed by atoms with Gasteiger partial charge in [0, 0.05) is 26.2 Å². The van der Waals surface area contributed by atoms with Gasteiger partial charge in [-0.25, -0.2) is 0 Å². The molecule has 0 unspecified atom stereocenters. The van der Waals surface area contributed by atoms with Crippen molar-refractivity contribution in [2.45, 2.75) is 20.0 Å². The van der Waals surface area contributed by atoms with Crippen LogP contribution in [0.1, 0.15) is 16.7 Å². The summed E-state index contributed by atoms with van der Waals surface area (Å²) < 4.78 is 5.95. The first kappa shape index (κ1) is 18.2. The smallest absolute Gasteiger partial charge is 0.127 e. The van der Waals surface area contributed by atoms with Crippen LogP contribution in [-0.4, -0.2) is 18.0 Å². The Labute approximate surface area is 156 Å². The molecule has 0 aliphatic carbocycles. The maximum absolute atomic E-state index is 5.95. The number of hydrogen-bond donors (Lipinski definition) is 1. The summed E-state index contributed by atoms with van der Waals surface area (Å²) in [4.78, 5) is 2.37. The third-order valence-electron chi connectivity index (χ3n) is 4.22. The fraction of sp³-hybridized carbons (Fsp3) is 0.217. The van der Waals surface area contributed by atoms with Crippen LogP contribution in [0.25, 0.3) is 0 Å². The van der Waals surface area contributed by atoms with E-state index in [0.29, 0.717) is 6.54 Å². The Bertz CT molecular complexity index is 817. The van der Waals surface area contributed by atoms with Crippen LogP contribution in [0, 0.1) is 6.92 Å². The summed E-state index contributed by atoms with van der Waals surface area (Å²) >= 11 is 0. The highest BCUT2D eigenvalue weighted by atomic mass is 16.5. The van der Waals surface area contributed by atoms with Crippen LogP contribution in [0.15, 0.2) is 78.9 Å². The van der Waals surface area contributed by atoms with E-state index in [-0.39, 0.29) is 0 Å². The minimum atomic E-state index is 0.645. The van der Waals surface area contributed by atoms with Gasteiger partial charge in [-0.3, -0.25) is 4.90 Å². The van der Waals surface area contributed by atoms with Crippen LogP contribution >= 0.6 is 0 Å². The van der Waals surface area contributed by atoms with Crippen molar-refractivity contribution in [2.24, 2.45) is 5.73 Å². The topological polar surface area (TPSA) is 38.5 Å². The lowest BCUT2D eigenvalue weighted by molar-refractivity contribution is 0.264. The second-order valence-corrected chi connectivity index (χ2v) is 6.55. The zero-order valence-electron chi connectivity index (χ0n) is 15.3. The van der Waals surface area contributed by atoms with E-state index in [1.165, 1.54) is 16.7 Å². The molecule has 0 aliphatic rings. The van der Waals surface area contributed by atoms with Gasteiger partial charge in [-0.15, -0.1) is 0 Å². The number of nitrogens with zero attached hydrogens (tertiary/aromatic N) is 1. The first-order valence-electron chi connectivity index (χ1n) is 9.03. The molecule has 0 amide bonds. The van der Waals surface area contributed by atoms with Crippen LogP contribution in [-0.2, 0) is 13.1 Å². The molecule has 134 valence electrons. The molecule has 0 heterocycles. The Morgan fingerprint density at radius 1 is 0.769 bits per heavy atom. The molecule has 3 nitrogen and oxygen atoms in total. The van der Waals surface area contributed by atoms with Crippen LogP contribution in [0.2, 0.25) is 0 Å². The standard InChI is InChI=1S/C23H26N2O/c1-19-7-5-8-20(15-19)17-25(14-13-24)18-21-9-6-12-23(16-21)26-22-10-3-2-4-11-22/h2-12,15-16H,13-14,17-18,24H2,1H3. The average Bonchev–Trinajstić information content (AvgIpc) is 2.63. The Morgan fingerprint density at radius 2 is 1.42 bits per heavy atom. The Balaban J connectivity index is 1.69. The molecule has 0 aromatic heterocycles. The molecule has 0 saturated carbocycles. The normalized spacial score (nSPS) is 10.9. The summed E-state index contributed by atoms with van der Waals surface area (Å²) in [6.45, 7) is 5.37. The molecule has 0 fully saturated rings. The van der Waals surface area contributed by atoms with Crippen LogP contribution < -0.4 is 10.5 Å². The van der Waals surface area contributed by atoms with E-state index >= 15 is 0 Å². The second-order valence-electron chi connectivity index (χ2n) is 6.55. The number of nitrogens with two attached hydrogens (primary N) is 1. The first-order valence-corrected chi connectivity index (χ1v) is 9.03. The van der Waals surface area contributed by atoms with Crippen molar-refractivity contribution in [2.75, 3.05) is 13.1 Å². The number of benzene rings is 3. The minimum absolute atomic E-state index is 0.645. The highest BCUT2D eigenvalue weighted by molar-refractivity contribution is 5.34. The lowest BCUT2D eigenvalue weighted by atomic mass is 10.1. The molecule has 0 radical (unpaired) electrons. The quantitative estimate of drug-likeness (QED) is 0.640. The SMILES string of the molecule is Cc1cccc(CN(CCN)Cc2cccc(Oc3ccccc3)c2)c1. The van der Waals surface area contributed by atoms with Crippen molar-refractivity contribution >= 4 is 0 Å². The number of rotatable bonds is 8. The molecule has 0 atom stereocenters. The van der Waals surface area contributed by atoms with E-state index in [4.69, 9.17) is 10.5 Å². The van der Waals surface area contributed by atoms with E-state index in [2.05, 4.69) is 48.2 Å². The number of hydrogen-bond acceptors (Lipinski definition) is 3. The fourth-order valence-electron chi connectivity index (χ4n) is 3.06. The van der Waals surface area contributed by atoms with Gasteiger partial charge in [0.25, 0.3) is 0 Å². The molecular formula is C23H26N2O. The van der Waals surface area contributed by atoms with Crippen LogP contribution in [0.5, 0.6) is 11.5 Å². The molecule has 3 aromatic carbocycles. The molecule has 0 spiro atoms. The van der Waals surface area contributed by atoms with Gasteiger partial charge in [0.1, 0.15) is 11.5 Å². The van der Waals surface area contributed by atoms with Gasteiger partial charge in [-0.2, -0.15) is 0 Å². The minimum Gasteiger partial charge on any atom is -0.457 e. The summed E-state index contributed by atoms with van der Waals surface area (Å²) in [5, 5.41) is 0. The van der Waals surface area contributed by atoms with E-state index < -0.39 is 0 Å². The zero-order valence-corrected chi connectivity index (χ0v) is 15.3. The summed E-state index contributed by atoms with van der Waals surface area (Å²) in [5.74, 6) is 1.71. The highest BCUT2D eigenvalue weighted by Gasteiger charge is 2.08. The maximum atomic E-state index is 5.95. The van der Waals surface area contributed by atoms with E-state index in [9.17, 15) is 0 Å². The summed E-state index contributed by atoms with van der Waals surface area (Å²) in [7, 11) is 0. The average molecular weight is 346 g/mol. The van der Waals surface area contributed by atoms with Crippen molar-refractivity contribution in [3.8, 4) is 11.5 Å². The number of ether oxygens (including phenoxy) is 1. The van der Waals surface area contributed by atoms with E-state index in [0.717, 1.165) is 31.1 Å². The molecule has 0 aliphatic heterocycles. The molecule has 0 saturated heterocycles. The van der Waals surface area contributed by atoms with Crippen molar-refractivity contribution in [3.05, 3.63) is 95.6 Å². The van der Waals surface area contributed by atoms with Gasteiger partial charge < -0.3 is 10.5 Å². The molecular weight excluding hydrogens is 320 g/mol. The predicted molar refractivity (Wildman–Crippen MR) is 107 cm³/mol. The lowest BCUT2D eigenvalue weighted by Crippen LogP contribution is -2.28. The van der Waals surface area contributed by atoms with E-state index in [1.54, 1.807) is 0 Å². The molecule has 3 heteroatoms. The van der Waals surface area contributed by atoms with Crippen molar-refractivity contribution in [3.63, 3.8) is 0 Å². The molecule has 3 aromatic rings. The summed E-state index contributed by atoms with van der Waals surface area (Å²) in [5.41, 5.74) is 9.65. The van der Waals surface area contributed by atoms with E-state index in [1.807, 2.05) is 42.5 Å². The Morgan fingerprint density at radius 3 is 2.12 bits per heavy atom. The van der Waals surface area contributed by atoms with Gasteiger partial charge in [0.05, 0.1) is 0 Å². The summed E-state index contributed by atoms with van der Waals surface area (Å²) in [6.07, 6.45) is 0. The molecule has 0 bridgehead atoms. The lowest BCUT2D eigenvalue weighted by Gasteiger charge is -2.22.